The van der Waals surface area contributed by atoms with Crippen molar-refractivity contribution in [2.24, 2.45) is 0 Å². The topological polar surface area (TPSA) is 191 Å². The molecule has 15 nitrogen and oxygen atoms in total. The molecule has 368 valence electrons. The number of aliphatic hydroxyl groups is 5. The Morgan fingerprint density at radius 2 is 1.01 bits per heavy atom. The number of ether oxygens (including phenoxy) is 6. The second-order valence-electron chi connectivity index (χ2n) is 18.3. The van der Waals surface area contributed by atoms with Gasteiger partial charge in [-0.1, -0.05) is 24.3 Å². The van der Waals surface area contributed by atoms with Crippen LogP contribution in [0.3, 0.4) is 0 Å². The zero-order valence-electron chi connectivity index (χ0n) is 40.4. The minimum atomic E-state index is -0.644. The van der Waals surface area contributed by atoms with Gasteiger partial charge in [0.15, 0.2) is 23.0 Å². The van der Waals surface area contributed by atoms with Gasteiger partial charge in [-0.3, -0.25) is 0 Å². The molecule has 0 saturated heterocycles. The molecule has 4 atom stereocenters. The molecule has 4 aromatic rings. The van der Waals surface area contributed by atoms with E-state index in [1.165, 1.54) is 5.56 Å². The molecule has 0 radical (unpaired) electrons. The standard InChI is InChI=1S/C53H70N2O13/c1-54(17-13-37-26-41(32-58)42(33-59)27-44(37)46(54)23-35-9-10-39(30-56)40(21-35)31-57)15-7-19-67-51(61)11-12-52(62)68-20-8-16-55(2)18-14-38-28-48(63-3)49(64-4)29-45(38)47(55)24-36-22-43(34-60)53(66-6)50(25-36)65-5/h9-12,21-22,25-29,46-47,56-60H,7-8,13-20,23-24,30-34H2,1-6H3/q+2/t46-,47-,54-,55-/m1/s1. The molecule has 15 heteroatoms. The maximum absolute atomic E-state index is 12.8. The zero-order chi connectivity index (χ0) is 49.0. The van der Waals surface area contributed by atoms with E-state index in [9.17, 15) is 35.1 Å². The molecular formula is C53H70N2O13+2. The number of rotatable bonds is 23. The summed E-state index contributed by atoms with van der Waals surface area (Å²) < 4.78 is 35.0. The van der Waals surface area contributed by atoms with Crippen molar-refractivity contribution in [2.75, 3.05) is 81.9 Å². The summed E-state index contributed by atoms with van der Waals surface area (Å²) >= 11 is 0. The third-order valence-electron chi connectivity index (χ3n) is 14.2. The number of aliphatic hydroxyl groups excluding tert-OH is 5. The molecule has 0 unspecified atom stereocenters. The van der Waals surface area contributed by atoms with E-state index in [2.05, 4.69) is 20.2 Å². The predicted molar refractivity (Wildman–Crippen MR) is 254 cm³/mol. The van der Waals surface area contributed by atoms with Crippen LogP contribution >= 0.6 is 0 Å². The third kappa shape index (κ3) is 11.8. The molecule has 0 amide bonds. The Morgan fingerprint density at radius 1 is 0.544 bits per heavy atom. The molecule has 68 heavy (non-hydrogen) atoms. The molecule has 2 aliphatic heterocycles. The van der Waals surface area contributed by atoms with E-state index in [-0.39, 0.29) is 58.3 Å². The van der Waals surface area contributed by atoms with Crippen molar-refractivity contribution in [3.05, 3.63) is 128 Å². The molecule has 2 aliphatic rings. The van der Waals surface area contributed by atoms with Crippen molar-refractivity contribution in [3.8, 4) is 23.0 Å². The van der Waals surface area contributed by atoms with Crippen molar-refractivity contribution >= 4 is 11.9 Å². The van der Waals surface area contributed by atoms with Crippen LogP contribution in [0.15, 0.2) is 66.7 Å². The molecule has 0 saturated carbocycles. The Hall–Kier alpha value is -5.52. The Balaban J connectivity index is 1.05. The molecular weight excluding hydrogens is 873 g/mol. The van der Waals surface area contributed by atoms with Crippen molar-refractivity contribution in [1.29, 1.82) is 0 Å². The van der Waals surface area contributed by atoms with Gasteiger partial charge in [0.2, 0.25) is 0 Å². The van der Waals surface area contributed by atoms with Gasteiger partial charge in [0, 0.05) is 67.4 Å². The highest BCUT2D eigenvalue weighted by Crippen LogP contribution is 2.44. The van der Waals surface area contributed by atoms with Crippen molar-refractivity contribution < 1.29 is 72.5 Å². The van der Waals surface area contributed by atoms with Gasteiger partial charge in [-0.15, -0.1) is 0 Å². The van der Waals surface area contributed by atoms with Crippen LogP contribution in [-0.4, -0.2) is 128 Å². The first-order valence-corrected chi connectivity index (χ1v) is 23.3. The van der Waals surface area contributed by atoms with E-state index < -0.39 is 11.9 Å². The number of fused-ring (bicyclic) bond motifs is 2. The van der Waals surface area contributed by atoms with Crippen LogP contribution in [0.5, 0.6) is 23.0 Å². The molecule has 6 rings (SSSR count). The van der Waals surface area contributed by atoms with E-state index in [1.54, 1.807) is 28.4 Å². The number of carbonyl (C=O) groups is 2. The summed E-state index contributed by atoms with van der Waals surface area (Å²) in [6.45, 7) is 2.33. The van der Waals surface area contributed by atoms with Crippen LogP contribution in [0, 0.1) is 0 Å². The van der Waals surface area contributed by atoms with Gasteiger partial charge in [0.25, 0.3) is 0 Å². The predicted octanol–water partition coefficient (Wildman–Crippen LogP) is 4.88. The first kappa shape index (κ1) is 51.9. The van der Waals surface area contributed by atoms with E-state index in [1.807, 2.05) is 48.5 Å². The van der Waals surface area contributed by atoms with Gasteiger partial charge in [0.1, 0.15) is 12.1 Å². The van der Waals surface area contributed by atoms with Gasteiger partial charge >= 0.3 is 11.9 Å². The number of hydrogen-bond acceptors (Lipinski definition) is 13. The Bertz CT molecular complexity index is 2390. The number of likely N-dealkylation sites (N-methyl/N-ethyl adjacent to an activating group) is 2. The fourth-order valence-corrected chi connectivity index (χ4v) is 10.3. The lowest BCUT2D eigenvalue weighted by Crippen LogP contribution is -2.52. The number of quaternary nitrogens is 2. The molecule has 0 bridgehead atoms. The number of esters is 2. The number of benzene rings is 4. The smallest absolute Gasteiger partial charge is 0.331 e. The number of hydrogen-bond donors (Lipinski definition) is 5. The Kier molecular flexibility index (Phi) is 18.0. The zero-order valence-corrected chi connectivity index (χ0v) is 40.4. The maximum Gasteiger partial charge on any atom is 0.331 e. The van der Waals surface area contributed by atoms with Crippen LogP contribution in [0.1, 0.15) is 86.1 Å². The van der Waals surface area contributed by atoms with Crippen molar-refractivity contribution in [2.45, 2.75) is 83.6 Å². The number of carbonyl (C=O) groups excluding carboxylic acids is 2. The highest BCUT2D eigenvalue weighted by Gasteiger charge is 2.41. The Morgan fingerprint density at radius 3 is 1.54 bits per heavy atom. The van der Waals surface area contributed by atoms with Crippen LogP contribution in [0.25, 0.3) is 0 Å². The lowest BCUT2D eigenvalue weighted by atomic mass is 9.83. The summed E-state index contributed by atoms with van der Waals surface area (Å²) in [6, 6.07) is 17.6. The van der Waals surface area contributed by atoms with Crippen molar-refractivity contribution in [1.82, 2.24) is 0 Å². The minimum Gasteiger partial charge on any atom is -0.493 e. The maximum atomic E-state index is 12.8. The minimum absolute atomic E-state index is 0.0289. The number of nitrogens with zero attached hydrogens (tertiary/aromatic N) is 2. The summed E-state index contributed by atoms with van der Waals surface area (Å²) in [6.07, 6.45) is 6.13. The average molecular weight is 943 g/mol. The van der Waals surface area contributed by atoms with E-state index in [0.717, 1.165) is 65.9 Å². The monoisotopic (exact) mass is 942 g/mol. The summed E-state index contributed by atoms with van der Waals surface area (Å²) in [5, 5.41) is 50.2. The van der Waals surface area contributed by atoms with E-state index >= 15 is 0 Å². The third-order valence-corrected chi connectivity index (χ3v) is 14.2. The molecule has 5 N–H and O–H groups in total. The molecule has 0 fully saturated rings. The molecule has 4 aromatic carbocycles. The highest BCUT2D eigenvalue weighted by atomic mass is 16.5. The SMILES string of the molecule is COc1cc2c(cc1OC)[C@@H](Cc1cc(CO)c(OC)c(OC)c1)[N@+](C)(CCCOC(=O)C=CC(=O)OCCC[N@+]1(C)CCc3cc(CO)c(CO)cc3[C@H]1Cc1ccc(CO)c(CO)c1)CC2. The molecule has 0 spiro atoms. The van der Waals surface area contributed by atoms with E-state index in [0.29, 0.717) is 98.6 Å². The Labute approximate surface area is 399 Å². The molecule has 0 aromatic heterocycles. The second kappa shape index (κ2) is 23.7. The van der Waals surface area contributed by atoms with Crippen molar-refractivity contribution in [3.63, 3.8) is 0 Å². The quantitative estimate of drug-likeness (QED) is 0.0293. The first-order chi connectivity index (χ1) is 32.8. The summed E-state index contributed by atoms with van der Waals surface area (Å²) in [7, 11) is 10.8. The summed E-state index contributed by atoms with van der Waals surface area (Å²) in [5.41, 5.74) is 9.83. The fraction of sp³-hybridized carbons (Fsp3) is 0.472. The normalized spacial score (nSPS) is 19.8. The van der Waals surface area contributed by atoms with Crippen LogP contribution in [-0.2, 0) is 77.8 Å². The first-order valence-electron chi connectivity index (χ1n) is 23.3. The van der Waals surface area contributed by atoms with Gasteiger partial charge in [-0.05, 0) is 74.8 Å². The molecule has 0 aliphatic carbocycles. The van der Waals surface area contributed by atoms with E-state index in [4.69, 9.17) is 28.4 Å². The largest absolute Gasteiger partial charge is 0.493 e. The average Bonchev–Trinajstić information content (AvgIpc) is 3.36. The van der Waals surface area contributed by atoms with Crippen LogP contribution in [0.2, 0.25) is 0 Å². The lowest BCUT2D eigenvalue weighted by molar-refractivity contribution is -0.941. The van der Waals surface area contributed by atoms with Gasteiger partial charge in [-0.2, -0.15) is 0 Å². The number of methoxy groups -OCH3 is 4. The van der Waals surface area contributed by atoms with Crippen LogP contribution < -0.4 is 18.9 Å². The summed E-state index contributed by atoms with van der Waals surface area (Å²) in [4.78, 5) is 25.6. The second-order valence-corrected chi connectivity index (χ2v) is 18.3. The highest BCUT2D eigenvalue weighted by molar-refractivity contribution is 5.91. The van der Waals surface area contributed by atoms with Gasteiger partial charge in [0.05, 0.1) is 115 Å². The lowest BCUT2D eigenvalue weighted by Gasteiger charge is -2.46. The van der Waals surface area contributed by atoms with Crippen LogP contribution in [0.4, 0.5) is 0 Å². The molecule has 2 heterocycles. The van der Waals surface area contributed by atoms with Gasteiger partial charge in [-0.25, -0.2) is 9.59 Å². The fourth-order valence-electron chi connectivity index (χ4n) is 10.3. The summed E-state index contributed by atoms with van der Waals surface area (Å²) in [5.74, 6) is 1.06. The van der Waals surface area contributed by atoms with Gasteiger partial charge < -0.3 is 62.9 Å².